The number of imidazole rings is 1. The first-order valence-corrected chi connectivity index (χ1v) is 9.85. The highest BCUT2D eigenvalue weighted by atomic mass is 16.2. The number of aromatic nitrogens is 2. The second kappa shape index (κ2) is 7.58. The zero-order valence-electron chi connectivity index (χ0n) is 16.0. The minimum absolute atomic E-state index is 0.0611. The first-order valence-electron chi connectivity index (χ1n) is 9.85. The molecule has 1 fully saturated rings. The first-order chi connectivity index (χ1) is 13.5. The molecule has 7 nitrogen and oxygen atoms in total. The summed E-state index contributed by atoms with van der Waals surface area (Å²) in [7, 11) is 0. The predicted octanol–water partition coefficient (Wildman–Crippen LogP) is 2.91. The number of carbonyl (C=O) groups is 3. The summed E-state index contributed by atoms with van der Waals surface area (Å²) in [4.78, 5) is 43.7. The number of amides is 2. The number of likely N-dealkylation sites (tertiary alicyclic amines) is 1. The molecule has 2 amide bonds. The van der Waals surface area contributed by atoms with Gasteiger partial charge in [-0.3, -0.25) is 14.4 Å². The molecule has 0 spiro atoms. The Bertz CT molecular complexity index is 941. The van der Waals surface area contributed by atoms with Gasteiger partial charge in [0, 0.05) is 30.9 Å². The fourth-order valence-electron chi connectivity index (χ4n) is 3.96. The van der Waals surface area contributed by atoms with Crippen LogP contribution in [0.2, 0.25) is 0 Å². The molecular formula is C21H24N4O3. The summed E-state index contributed by atoms with van der Waals surface area (Å²) in [5.74, 6) is -0.113. The van der Waals surface area contributed by atoms with Crippen molar-refractivity contribution in [2.24, 2.45) is 0 Å². The van der Waals surface area contributed by atoms with E-state index >= 15 is 0 Å². The van der Waals surface area contributed by atoms with Crippen molar-refractivity contribution in [2.75, 3.05) is 18.4 Å². The number of anilines is 1. The molecule has 1 saturated heterocycles. The first kappa shape index (κ1) is 18.4. The summed E-state index contributed by atoms with van der Waals surface area (Å²) in [6, 6.07) is 6.84. The van der Waals surface area contributed by atoms with E-state index in [-0.39, 0.29) is 17.6 Å². The molecule has 28 heavy (non-hydrogen) atoms. The molecule has 0 aliphatic carbocycles. The molecule has 1 aromatic carbocycles. The molecule has 7 heteroatoms. The average Bonchev–Trinajstić information content (AvgIpc) is 3.36. The van der Waals surface area contributed by atoms with Crippen LogP contribution in [0.3, 0.4) is 0 Å². The maximum atomic E-state index is 12.9. The number of nitrogens with one attached hydrogen (secondary N) is 1. The minimum Gasteiger partial charge on any atom is -0.336 e. The van der Waals surface area contributed by atoms with Crippen LogP contribution < -0.4 is 5.32 Å². The number of Topliss-reactive ketones (excluding diaryl/α,β-unsaturated/α-hetero) is 1. The van der Waals surface area contributed by atoms with E-state index in [4.69, 9.17) is 0 Å². The third-order valence-corrected chi connectivity index (χ3v) is 5.44. The second-order valence-electron chi connectivity index (χ2n) is 7.43. The number of hydrogen-bond donors (Lipinski definition) is 1. The van der Waals surface area contributed by atoms with Crippen molar-refractivity contribution in [3.05, 3.63) is 47.0 Å². The Balaban J connectivity index is 1.63. The lowest BCUT2D eigenvalue weighted by molar-refractivity contribution is 0.0774. The maximum Gasteiger partial charge on any atom is 0.289 e. The summed E-state index contributed by atoms with van der Waals surface area (Å²) < 4.78 is 1.92. The average molecular weight is 380 g/mol. The number of rotatable bonds is 4. The SMILES string of the molecule is CC(=O)c1cccc(NC(=O)c2nc(C(=O)N3CCCC3)n3c2CCCC3)c1. The lowest BCUT2D eigenvalue weighted by Gasteiger charge is -2.19. The molecule has 1 aromatic heterocycles. The summed E-state index contributed by atoms with van der Waals surface area (Å²) in [6.45, 7) is 3.70. The molecule has 0 unspecified atom stereocenters. The Morgan fingerprint density at radius 2 is 1.79 bits per heavy atom. The summed E-state index contributed by atoms with van der Waals surface area (Å²) in [5.41, 5.74) is 2.22. The lowest BCUT2D eigenvalue weighted by Crippen LogP contribution is -2.31. The van der Waals surface area contributed by atoms with Crippen molar-refractivity contribution >= 4 is 23.3 Å². The number of carbonyl (C=O) groups excluding carboxylic acids is 3. The van der Waals surface area contributed by atoms with Crippen LogP contribution in [0.5, 0.6) is 0 Å². The van der Waals surface area contributed by atoms with Gasteiger partial charge in [0.05, 0.1) is 5.69 Å². The Morgan fingerprint density at radius 1 is 1.04 bits per heavy atom. The van der Waals surface area contributed by atoms with Crippen LogP contribution in [0, 0.1) is 0 Å². The van der Waals surface area contributed by atoms with E-state index in [1.54, 1.807) is 24.3 Å². The van der Waals surface area contributed by atoms with Gasteiger partial charge >= 0.3 is 0 Å². The molecule has 1 N–H and O–H groups in total. The highest BCUT2D eigenvalue weighted by Gasteiger charge is 2.30. The van der Waals surface area contributed by atoms with Gasteiger partial charge in [-0.25, -0.2) is 4.98 Å². The number of ketones is 1. The standard InChI is InChI=1S/C21H24N4O3/c1-14(26)15-7-6-8-16(13-15)22-20(27)18-17-9-2-3-12-25(17)19(23-18)21(28)24-10-4-5-11-24/h6-8,13H,2-5,9-12H2,1H3,(H,22,27). The van der Waals surface area contributed by atoms with Gasteiger partial charge in [-0.2, -0.15) is 0 Å². The van der Waals surface area contributed by atoms with Crippen molar-refractivity contribution < 1.29 is 14.4 Å². The molecular weight excluding hydrogens is 356 g/mol. The van der Waals surface area contributed by atoms with Crippen molar-refractivity contribution in [1.29, 1.82) is 0 Å². The number of nitrogens with zero attached hydrogens (tertiary/aromatic N) is 3. The molecule has 2 aromatic rings. The van der Waals surface area contributed by atoms with Gasteiger partial charge < -0.3 is 14.8 Å². The topological polar surface area (TPSA) is 84.3 Å². The molecule has 146 valence electrons. The third kappa shape index (κ3) is 3.44. The van der Waals surface area contributed by atoms with E-state index in [2.05, 4.69) is 10.3 Å². The highest BCUT2D eigenvalue weighted by Crippen LogP contribution is 2.24. The smallest absolute Gasteiger partial charge is 0.289 e. The Morgan fingerprint density at radius 3 is 2.54 bits per heavy atom. The monoisotopic (exact) mass is 380 g/mol. The molecule has 3 heterocycles. The Kier molecular flexibility index (Phi) is 4.98. The van der Waals surface area contributed by atoms with Gasteiger partial charge in [0.2, 0.25) is 0 Å². The molecule has 4 rings (SSSR count). The highest BCUT2D eigenvalue weighted by molar-refractivity contribution is 6.05. The molecule has 0 saturated carbocycles. The van der Waals surface area contributed by atoms with Gasteiger partial charge in [-0.05, 0) is 51.2 Å². The number of hydrogen-bond acceptors (Lipinski definition) is 4. The fraction of sp³-hybridized carbons (Fsp3) is 0.429. The normalized spacial score (nSPS) is 16.0. The largest absolute Gasteiger partial charge is 0.336 e. The Hall–Kier alpha value is -2.96. The van der Waals surface area contributed by atoms with E-state index < -0.39 is 0 Å². The van der Waals surface area contributed by atoms with Crippen LogP contribution in [-0.2, 0) is 13.0 Å². The van der Waals surface area contributed by atoms with Crippen LogP contribution >= 0.6 is 0 Å². The van der Waals surface area contributed by atoms with E-state index in [0.29, 0.717) is 29.3 Å². The zero-order chi connectivity index (χ0) is 19.7. The van der Waals surface area contributed by atoms with Crippen molar-refractivity contribution in [3.63, 3.8) is 0 Å². The molecule has 0 atom stereocenters. The second-order valence-corrected chi connectivity index (χ2v) is 7.43. The predicted molar refractivity (Wildman–Crippen MR) is 105 cm³/mol. The third-order valence-electron chi connectivity index (χ3n) is 5.44. The van der Waals surface area contributed by atoms with Gasteiger partial charge in [-0.1, -0.05) is 12.1 Å². The van der Waals surface area contributed by atoms with Crippen LogP contribution in [0.4, 0.5) is 5.69 Å². The van der Waals surface area contributed by atoms with Crippen LogP contribution in [0.15, 0.2) is 24.3 Å². The van der Waals surface area contributed by atoms with Crippen molar-refractivity contribution in [2.45, 2.75) is 45.6 Å². The minimum atomic E-state index is -0.341. The molecule has 2 aliphatic rings. The van der Waals surface area contributed by atoms with Gasteiger partial charge in [0.15, 0.2) is 17.3 Å². The van der Waals surface area contributed by atoms with E-state index in [0.717, 1.165) is 50.9 Å². The molecule has 0 radical (unpaired) electrons. The van der Waals surface area contributed by atoms with E-state index in [1.807, 2.05) is 9.47 Å². The van der Waals surface area contributed by atoms with Crippen molar-refractivity contribution in [1.82, 2.24) is 14.5 Å². The molecule has 0 bridgehead atoms. The van der Waals surface area contributed by atoms with Crippen LogP contribution in [-0.4, -0.2) is 45.1 Å². The van der Waals surface area contributed by atoms with Gasteiger partial charge in [0.25, 0.3) is 11.8 Å². The summed E-state index contributed by atoms with van der Waals surface area (Å²) in [5, 5.41) is 2.83. The quantitative estimate of drug-likeness (QED) is 0.827. The maximum absolute atomic E-state index is 12.9. The van der Waals surface area contributed by atoms with Crippen LogP contribution in [0.1, 0.15) is 69.8 Å². The Labute approximate surface area is 163 Å². The van der Waals surface area contributed by atoms with Gasteiger partial charge in [0.1, 0.15) is 0 Å². The summed E-state index contributed by atoms with van der Waals surface area (Å²) >= 11 is 0. The number of fused-ring (bicyclic) bond motifs is 1. The van der Waals surface area contributed by atoms with E-state index in [1.165, 1.54) is 6.92 Å². The summed E-state index contributed by atoms with van der Waals surface area (Å²) in [6.07, 6.45) is 4.71. The van der Waals surface area contributed by atoms with E-state index in [9.17, 15) is 14.4 Å². The van der Waals surface area contributed by atoms with Gasteiger partial charge in [-0.15, -0.1) is 0 Å². The number of benzene rings is 1. The zero-order valence-corrected chi connectivity index (χ0v) is 16.0. The molecule has 2 aliphatic heterocycles. The van der Waals surface area contributed by atoms with Crippen LogP contribution in [0.25, 0.3) is 0 Å². The van der Waals surface area contributed by atoms with Crippen molar-refractivity contribution in [3.8, 4) is 0 Å². The lowest BCUT2D eigenvalue weighted by atomic mass is 10.1. The fourth-order valence-corrected chi connectivity index (χ4v) is 3.96.